The highest BCUT2D eigenvalue weighted by Gasteiger charge is 2.31. The molecule has 3 rings (SSSR count). The van der Waals surface area contributed by atoms with E-state index in [2.05, 4.69) is 23.5 Å². The van der Waals surface area contributed by atoms with Crippen molar-refractivity contribution in [3.05, 3.63) is 78.1 Å². The van der Waals surface area contributed by atoms with E-state index in [-0.39, 0.29) is 16.5 Å². The summed E-state index contributed by atoms with van der Waals surface area (Å²) in [6, 6.07) is 5.80. The van der Waals surface area contributed by atoms with Gasteiger partial charge in [-0.2, -0.15) is 8.78 Å². The molecule has 0 bridgehead atoms. The van der Waals surface area contributed by atoms with Crippen LogP contribution in [0.25, 0.3) is 16.8 Å². The Morgan fingerprint density at radius 1 is 1.38 bits per heavy atom. The lowest BCUT2D eigenvalue weighted by Crippen LogP contribution is -2.13. The van der Waals surface area contributed by atoms with E-state index in [1.165, 1.54) is 24.1 Å². The Balaban J connectivity index is 1.73. The fourth-order valence-electron chi connectivity index (χ4n) is 2.74. The molecule has 0 spiro atoms. The van der Waals surface area contributed by atoms with Crippen molar-refractivity contribution in [3.63, 3.8) is 0 Å². The molecule has 3 nitrogen and oxygen atoms in total. The van der Waals surface area contributed by atoms with Gasteiger partial charge in [0.25, 0.3) is 5.92 Å². The normalized spacial score (nSPS) is 11.5. The van der Waals surface area contributed by atoms with Crippen LogP contribution < -0.4 is 5.32 Å². The van der Waals surface area contributed by atoms with Crippen molar-refractivity contribution >= 4 is 34.6 Å². The largest absolute Gasteiger partial charge is 0.452 e. The van der Waals surface area contributed by atoms with E-state index in [1.54, 1.807) is 19.2 Å². The van der Waals surface area contributed by atoms with Crippen LogP contribution in [-0.4, -0.2) is 10.9 Å². The Kier molecular flexibility index (Phi) is 6.19. The quantitative estimate of drug-likeness (QED) is 0.217. The highest BCUT2D eigenvalue weighted by Crippen LogP contribution is 2.37. The van der Waals surface area contributed by atoms with Gasteiger partial charge in [0, 0.05) is 16.7 Å². The van der Waals surface area contributed by atoms with Gasteiger partial charge >= 0.3 is 0 Å². The van der Waals surface area contributed by atoms with Gasteiger partial charge < -0.3 is 14.7 Å². The highest BCUT2D eigenvalue weighted by atomic mass is 35.5. The maximum Gasteiger partial charge on any atom is 0.292 e. The van der Waals surface area contributed by atoms with Gasteiger partial charge in [0.05, 0.1) is 29.1 Å². The van der Waals surface area contributed by atoms with E-state index in [1.807, 2.05) is 6.07 Å². The molecule has 0 saturated carbocycles. The maximum absolute atomic E-state index is 14.4. The number of benzene rings is 1. The SMILES string of the molecule is C=CC(F)(F)c1cc(F)c(NCSc2c[nH]c(-c3ccoc3Cl)c2)cc1C(=C)C. The van der Waals surface area contributed by atoms with Crippen molar-refractivity contribution in [2.45, 2.75) is 17.7 Å². The molecule has 0 atom stereocenters. The molecular formula is C21H18ClF3N2OS. The lowest BCUT2D eigenvalue weighted by molar-refractivity contribution is 0.0519. The zero-order valence-corrected chi connectivity index (χ0v) is 17.1. The van der Waals surface area contributed by atoms with Crippen molar-refractivity contribution in [1.82, 2.24) is 4.98 Å². The van der Waals surface area contributed by atoms with Gasteiger partial charge in [-0.25, -0.2) is 4.39 Å². The Bertz CT molecular complexity index is 1060. The number of nitrogens with one attached hydrogen (secondary N) is 2. The van der Waals surface area contributed by atoms with Crippen LogP contribution in [0.4, 0.5) is 18.9 Å². The molecule has 29 heavy (non-hydrogen) atoms. The molecule has 8 heteroatoms. The number of thioether (sulfide) groups is 1. The summed E-state index contributed by atoms with van der Waals surface area (Å²) in [5, 5.41) is 3.21. The van der Waals surface area contributed by atoms with Crippen molar-refractivity contribution in [3.8, 4) is 11.3 Å². The van der Waals surface area contributed by atoms with Gasteiger partial charge in [-0.05, 0) is 54.4 Å². The molecule has 0 radical (unpaired) electrons. The van der Waals surface area contributed by atoms with Gasteiger partial charge in [-0.3, -0.25) is 0 Å². The number of hydrogen-bond donors (Lipinski definition) is 2. The molecule has 2 heterocycles. The summed E-state index contributed by atoms with van der Waals surface area (Å²) in [5.74, 6) is -3.80. The second-order valence-corrected chi connectivity index (χ2v) is 7.70. The molecule has 0 amide bonds. The molecule has 0 saturated heterocycles. The van der Waals surface area contributed by atoms with Gasteiger partial charge in [0.1, 0.15) is 5.82 Å². The number of halogens is 4. The van der Waals surface area contributed by atoms with Crippen LogP contribution in [0.2, 0.25) is 5.22 Å². The molecule has 0 aliphatic carbocycles. The van der Waals surface area contributed by atoms with E-state index in [4.69, 9.17) is 16.0 Å². The monoisotopic (exact) mass is 438 g/mol. The minimum Gasteiger partial charge on any atom is -0.452 e. The van der Waals surface area contributed by atoms with Gasteiger partial charge in [0.15, 0.2) is 0 Å². The van der Waals surface area contributed by atoms with Crippen LogP contribution in [0.15, 0.2) is 65.3 Å². The fourth-order valence-corrected chi connectivity index (χ4v) is 3.70. The van der Waals surface area contributed by atoms with E-state index < -0.39 is 17.3 Å². The first-order valence-electron chi connectivity index (χ1n) is 8.52. The molecule has 0 unspecified atom stereocenters. The topological polar surface area (TPSA) is 41.0 Å². The van der Waals surface area contributed by atoms with Gasteiger partial charge in [0.2, 0.25) is 5.22 Å². The first-order valence-corrected chi connectivity index (χ1v) is 9.89. The predicted molar refractivity (Wildman–Crippen MR) is 113 cm³/mol. The van der Waals surface area contributed by atoms with Crippen LogP contribution in [0.3, 0.4) is 0 Å². The Labute approximate surface area is 175 Å². The highest BCUT2D eigenvalue weighted by molar-refractivity contribution is 7.99. The number of hydrogen-bond acceptors (Lipinski definition) is 3. The molecule has 152 valence electrons. The lowest BCUT2D eigenvalue weighted by atomic mass is 9.96. The minimum absolute atomic E-state index is 0.118. The maximum atomic E-state index is 14.4. The summed E-state index contributed by atoms with van der Waals surface area (Å²) in [6.07, 6.45) is 3.77. The smallest absolute Gasteiger partial charge is 0.292 e. The predicted octanol–water partition coefficient (Wildman–Crippen LogP) is 7.54. The van der Waals surface area contributed by atoms with Crippen molar-refractivity contribution < 1.29 is 17.6 Å². The molecular weight excluding hydrogens is 421 g/mol. The summed E-state index contributed by atoms with van der Waals surface area (Å²) >= 11 is 7.37. The third kappa shape index (κ3) is 4.57. The minimum atomic E-state index is -3.35. The average molecular weight is 439 g/mol. The van der Waals surface area contributed by atoms with Crippen LogP contribution in [0.5, 0.6) is 0 Å². The standard InChI is InChI=1S/C21H18ClF3N2OS/c1-4-21(24,25)16-9-17(23)19(8-15(16)12(2)3)27-11-29-13-7-18(26-10-13)14-5-6-28-20(14)22/h4-10,26-27H,1-2,11H2,3H3. The van der Waals surface area contributed by atoms with Crippen molar-refractivity contribution in [2.24, 2.45) is 0 Å². The third-order valence-corrected chi connectivity index (χ3v) is 5.40. The fraction of sp³-hybridized carbons (Fsp3) is 0.143. The second kappa shape index (κ2) is 8.47. The molecule has 2 N–H and O–H groups in total. The number of aromatic nitrogens is 1. The zero-order valence-electron chi connectivity index (χ0n) is 15.5. The Morgan fingerprint density at radius 2 is 2.14 bits per heavy atom. The summed E-state index contributed by atoms with van der Waals surface area (Å²) < 4.78 is 47.6. The van der Waals surface area contributed by atoms with Gasteiger partial charge in [-0.1, -0.05) is 18.7 Å². The van der Waals surface area contributed by atoms with Crippen LogP contribution >= 0.6 is 23.4 Å². The first-order chi connectivity index (χ1) is 13.7. The molecule has 2 aromatic heterocycles. The van der Waals surface area contributed by atoms with Crippen molar-refractivity contribution in [1.29, 1.82) is 0 Å². The van der Waals surface area contributed by atoms with Crippen LogP contribution in [0, 0.1) is 5.82 Å². The van der Waals surface area contributed by atoms with Crippen molar-refractivity contribution in [2.75, 3.05) is 11.2 Å². The number of furan rings is 1. The van der Waals surface area contributed by atoms with E-state index in [9.17, 15) is 13.2 Å². The summed E-state index contributed by atoms with van der Waals surface area (Å²) in [5.41, 5.74) is 1.78. The second-order valence-electron chi connectivity index (χ2n) is 6.31. The van der Waals surface area contributed by atoms with Gasteiger partial charge in [-0.15, -0.1) is 11.8 Å². The number of H-pyrrole nitrogens is 1. The average Bonchev–Trinajstić information content (AvgIpc) is 3.31. The van der Waals surface area contributed by atoms with E-state index in [0.717, 1.165) is 22.2 Å². The number of rotatable bonds is 8. The number of aromatic amines is 1. The summed E-state index contributed by atoms with van der Waals surface area (Å²) in [6.45, 7) is 8.45. The van der Waals surface area contributed by atoms with Crippen LogP contribution in [-0.2, 0) is 5.92 Å². The summed E-state index contributed by atoms with van der Waals surface area (Å²) in [4.78, 5) is 3.98. The first kappa shape index (κ1) is 21.2. The third-order valence-electron chi connectivity index (χ3n) is 4.25. The number of allylic oxidation sites excluding steroid dienone is 2. The van der Waals surface area contributed by atoms with E-state index >= 15 is 0 Å². The lowest BCUT2D eigenvalue weighted by Gasteiger charge is -2.19. The molecule has 0 fully saturated rings. The zero-order chi connectivity index (χ0) is 21.2. The molecule has 3 aromatic rings. The Hall–Kier alpha value is -2.51. The van der Waals surface area contributed by atoms with Crippen LogP contribution in [0.1, 0.15) is 18.1 Å². The number of anilines is 1. The molecule has 0 aliphatic heterocycles. The molecule has 1 aromatic carbocycles. The number of alkyl halides is 2. The molecule has 0 aliphatic rings. The Morgan fingerprint density at radius 3 is 2.76 bits per heavy atom. The van der Waals surface area contributed by atoms with E-state index in [0.29, 0.717) is 17.5 Å². The summed E-state index contributed by atoms with van der Waals surface area (Å²) in [7, 11) is 0.